The normalized spacial score (nSPS) is 13.7. The summed E-state index contributed by atoms with van der Waals surface area (Å²) in [5.41, 5.74) is 6.09. The summed E-state index contributed by atoms with van der Waals surface area (Å²) in [5.74, 6) is 0. The molecule has 15 heavy (non-hydrogen) atoms. The second-order valence-electron chi connectivity index (χ2n) is 3.99. The van der Waals surface area contributed by atoms with Gasteiger partial charge in [-0.2, -0.15) is 0 Å². The second kappa shape index (κ2) is 2.94. The van der Waals surface area contributed by atoms with Crippen molar-refractivity contribution in [1.82, 2.24) is 0 Å². The van der Waals surface area contributed by atoms with Crippen LogP contribution < -0.4 is 0 Å². The molecule has 1 heteroatoms. The zero-order valence-corrected chi connectivity index (χ0v) is 8.57. The lowest BCUT2D eigenvalue weighted by Crippen LogP contribution is -2.04. The molecule has 0 saturated carbocycles. The topological polar surface area (TPSA) is 20.2 Å². The Bertz CT molecular complexity index is 527. The minimum absolute atomic E-state index is 0.395. The highest BCUT2D eigenvalue weighted by atomic mass is 16.3. The number of rotatable bonds is 1. The van der Waals surface area contributed by atoms with Crippen LogP contribution in [0.1, 0.15) is 18.6 Å². The maximum Gasteiger partial charge on any atom is 0.0768 e. The van der Waals surface area contributed by atoms with Gasteiger partial charge < -0.3 is 5.11 Å². The average Bonchev–Trinajstić information content (AvgIpc) is 2.24. The van der Waals surface area contributed by atoms with Crippen LogP contribution in [0.2, 0.25) is 0 Å². The van der Waals surface area contributed by atoms with Gasteiger partial charge in [-0.3, -0.25) is 0 Å². The van der Waals surface area contributed by atoms with Gasteiger partial charge in [0.05, 0.1) is 6.10 Å². The largest absolute Gasteiger partial charge is 0.389 e. The summed E-state index contributed by atoms with van der Waals surface area (Å²) in [6.45, 7) is 1.82. The summed E-state index contributed by atoms with van der Waals surface area (Å²) in [7, 11) is 0. The Balaban J connectivity index is 2.25. The van der Waals surface area contributed by atoms with Crippen molar-refractivity contribution in [2.24, 2.45) is 0 Å². The summed E-state index contributed by atoms with van der Waals surface area (Å²) < 4.78 is 0. The van der Waals surface area contributed by atoms with Gasteiger partial charge in [-0.1, -0.05) is 42.5 Å². The van der Waals surface area contributed by atoms with E-state index in [1.54, 1.807) is 0 Å². The highest BCUT2D eigenvalue weighted by Crippen LogP contribution is 2.49. The second-order valence-corrected chi connectivity index (χ2v) is 3.99. The molecule has 0 aliphatic heterocycles. The Hall–Kier alpha value is -1.60. The zero-order chi connectivity index (χ0) is 10.4. The molecule has 0 heterocycles. The SMILES string of the molecule is CC(O)c1cccc2c1-c1ccccc1-2. The molecule has 0 radical (unpaired) electrons. The minimum atomic E-state index is -0.395. The molecule has 0 bridgehead atoms. The zero-order valence-electron chi connectivity index (χ0n) is 8.57. The van der Waals surface area contributed by atoms with Gasteiger partial charge in [-0.25, -0.2) is 0 Å². The minimum Gasteiger partial charge on any atom is -0.389 e. The summed E-state index contributed by atoms with van der Waals surface area (Å²) in [6, 6.07) is 14.5. The van der Waals surface area contributed by atoms with Crippen molar-refractivity contribution in [3.05, 3.63) is 48.0 Å². The maximum absolute atomic E-state index is 9.69. The van der Waals surface area contributed by atoms with Gasteiger partial charge >= 0.3 is 0 Å². The molecule has 1 aliphatic carbocycles. The molecule has 0 aromatic heterocycles. The van der Waals surface area contributed by atoms with E-state index >= 15 is 0 Å². The van der Waals surface area contributed by atoms with E-state index < -0.39 is 6.10 Å². The van der Waals surface area contributed by atoms with Crippen LogP contribution in [-0.4, -0.2) is 5.11 Å². The van der Waals surface area contributed by atoms with Gasteiger partial charge in [-0.15, -0.1) is 0 Å². The lowest BCUT2D eigenvalue weighted by atomic mass is 9.77. The van der Waals surface area contributed by atoms with Gasteiger partial charge in [0, 0.05) is 0 Å². The van der Waals surface area contributed by atoms with Gasteiger partial charge in [0.1, 0.15) is 0 Å². The van der Waals surface area contributed by atoms with E-state index in [1.165, 1.54) is 22.3 Å². The van der Waals surface area contributed by atoms with Crippen molar-refractivity contribution in [3.63, 3.8) is 0 Å². The molecule has 74 valence electrons. The van der Waals surface area contributed by atoms with Crippen molar-refractivity contribution in [1.29, 1.82) is 0 Å². The molecule has 0 amide bonds. The van der Waals surface area contributed by atoms with Crippen LogP contribution in [0.25, 0.3) is 22.3 Å². The first-order valence-electron chi connectivity index (χ1n) is 5.20. The van der Waals surface area contributed by atoms with Crippen molar-refractivity contribution in [2.45, 2.75) is 13.0 Å². The van der Waals surface area contributed by atoms with Gasteiger partial charge in [0.2, 0.25) is 0 Å². The number of hydrogen-bond acceptors (Lipinski definition) is 1. The number of fused-ring (bicyclic) bond motifs is 4. The molecular formula is C14H12O. The van der Waals surface area contributed by atoms with Crippen molar-refractivity contribution in [2.75, 3.05) is 0 Å². The van der Waals surface area contributed by atoms with E-state index in [0.29, 0.717) is 0 Å². The number of aliphatic hydroxyl groups is 1. The number of benzene rings is 2. The Morgan fingerprint density at radius 1 is 0.867 bits per heavy atom. The predicted molar refractivity (Wildman–Crippen MR) is 61.5 cm³/mol. The van der Waals surface area contributed by atoms with Crippen LogP contribution >= 0.6 is 0 Å². The molecule has 0 saturated heterocycles. The maximum atomic E-state index is 9.69. The van der Waals surface area contributed by atoms with Crippen LogP contribution in [0, 0.1) is 0 Å². The summed E-state index contributed by atoms with van der Waals surface area (Å²) in [4.78, 5) is 0. The van der Waals surface area contributed by atoms with Crippen molar-refractivity contribution in [3.8, 4) is 22.3 Å². The third-order valence-corrected chi connectivity index (χ3v) is 3.03. The summed E-state index contributed by atoms with van der Waals surface area (Å²) >= 11 is 0. The molecule has 2 aromatic rings. The van der Waals surface area contributed by atoms with Gasteiger partial charge in [0.25, 0.3) is 0 Å². The highest BCUT2D eigenvalue weighted by Gasteiger charge is 2.25. The van der Waals surface area contributed by atoms with E-state index in [9.17, 15) is 5.11 Å². The molecule has 1 unspecified atom stereocenters. The lowest BCUT2D eigenvalue weighted by Gasteiger charge is -2.27. The standard InChI is InChI=1S/C14H12O/c1-9(15)10-7-4-8-13-11-5-2-3-6-12(11)14(10)13/h2-9,15H,1H3. The molecule has 1 nitrogen and oxygen atoms in total. The molecular weight excluding hydrogens is 184 g/mol. The first-order chi connectivity index (χ1) is 7.29. The first-order valence-corrected chi connectivity index (χ1v) is 5.20. The molecule has 2 aromatic carbocycles. The summed E-state index contributed by atoms with van der Waals surface area (Å²) in [5, 5.41) is 9.69. The molecule has 1 atom stereocenters. The average molecular weight is 196 g/mol. The lowest BCUT2D eigenvalue weighted by molar-refractivity contribution is 0.200. The van der Waals surface area contributed by atoms with E-state index in [1.807, 2.05) is 25.1 Å². The van der Waals surface area contributed by atoms with Crippen LogP contribution in [0.4, 0.5) is 0 Å². The van der Waals surface area contributed by atoms with Crippen molar-refractivity contribution >= 4 is 0 Å². The molecule has 0 fully saturated rings. The number of aliphatic hydroxyl groups excluding tert-OH is 1. The van der Waals surface area contributed by atoms with Crippen LogP contribution in [0.15, 0.2) is 42.5 Å². The fourth-order valence-corrected chi connectivity index (χ4v) is 2.32. The third kappa shape index (κ3) is 1.07. The molecule has 1 N–H and O–H groups in total. The van der Waals surface area contributed by atoms with Crippen LogP contribution in [0.3, 0.4) is 0 Å². The molecule has 0 spiro atoms. The Labute approximate surface area is 89.0 Å². The Morgan fingerprint density at radius 3 is 2.27 bits per heavy atom. The van der Waals surface area contributed by atoms with Crippen LogP contribution in [0.5, 0.6) is 0 Å². The monoisotopic (exact) mass is 196 g/mol. The van der Waals surface area contributed by atoms with E-state index in [4.69, 9.17) is 0 Å². The van der Waals surface area contributed by atoms with Gasteiger partial charge in [-0.05, 0) is 34.7 Å². The van der Waals surface area contributed by atoms with E-state index in [2.05, 4.69) is 24.3 Å². The Morgan fingerprint density at radius 2 is 1.53 bits per heavy atom. The van der Waals surface area contributed by atoms with Crippen molar-refractivity contribution < 1.29 is 5.11 Å². The van der Waals surface area contributed by atoms with Gasteiger partial charge in [0.15, 0.2) is 0 Å². The third-order valence-electron chi connectivity index (χ3n) is 3.03. The van der Waals surface area contributed by atoms with Crippen LogP contribution in [-0.2, 0) is 0 Å². The Kier molecular flexibility index (Phi) is 1.70. The predicted octanol–water partition coefficient (Wildman–Crippen LogP) is 3.39. The fourth-order valence-electron chi connectivity index (χ4n) is 2.32. The van der Waals surface area contributed by atoms with E-state index in [-0.39, 0.29) is 0 Å². The first kappa shape index (κ1) is 8.69. The molecule has 3 rings (SSSR count). The van der Waals surface area contributed by atoms with E-state index in [0.717, 1.165) is 5.56 Å². The number of hydrogen-bond donors (Lipinski definition) is 1. The highest BCUT2D eigenvalue weighted by molar-refractivity contribution is 6.03. The summed E-state index contributed by atoms with van der Waals surface area (Å²) in [6.07, 6.45) is -0.395. The fraction of sp³-hybridized carbons (Fsp3) is 0.143. The smallest absolute Gasteiger partial charge is 0.0768 e. The quantitative estimate of drug-likeness (QED) is 0.632. The molecule has 1 aliphatic rings.